The van der Waals surface area contributed by atoms with E-state index >= 15 is 0 Å². The summed E-state index contributed by atoms with van der Waals surface area (Å²) in [5.41, 5.74) is 1.28. The van der Waals surface area contributed by atoms with Gasteiger partial charge in [0.2, 0.25) is 5.91 Å². The van der Waals surface area contributed by atoms with Gasteiger partial charge in [0, 0.05) is 30.5 Å². The molecule has 1 heterocycles. The molecule has 0 bridgehead atoms. The zero-order valence-electron chi connectivity index (χ0n) is 23.2. The fourth-order valence-electron chi connectivity index (χ4n) is 5.04. The number of carbonyl (C=O) groups is 2. The standard InChI is InChI=1S/C32H30FIN2O7/c1-41-26-8-4-5-20-16-28(43-30(20)26)32(40)36(18-19-9-11-22(33)12-10-19)24-15-21(31(39)35-13-14-37)17-27(29(24)38)42-25-7-3-2-6-23(25)34/h2-12,16-17,24,27,29,37-38H,13-15,18H2,1H3,(H,35,39)/t24-,27+,29+/m1/s1. The third-order valence-electron chi connectivity index (χ3n) is 7.18. The molecular formula is C32H30FIN2O7. The molecule has 0 aliphatic heterocycles. The summed E-state index contributed by atoms with van der Waals surface area (Å²) in [6.45, 7) is -0.238. The predicted octanol–water partition coefficient (Wildman–Crippen LogP) is 4.44. The number of fused-ring (bicyclic) bond motifs is 1. The number of nitrogens with zero attached hydrogens (tertiary/aromatic N) is 1. The van der Waals surface area contributed by atoms with Gasteiger partial charge in [-0.3, -0.25) is 9.59 Å². The second kappa shape index (κ2) is 13.6. The lowest BCUT2D eigenvalue weighted by Crippen LogP contribution is -2.54. The number of carbonyl (C=O) groups excluding carboxylic acids is 2. The number of hydrogen-bond acceptors (Lipinski definition) is 7. The maximum atomic E-state index is 14.2. The molecule has 0 unspecified atom stereocenters. The minimum atomic E-state index is -1.26. The van der Waals surface area contributed by atoms with Crippen molar-refractivity contribution in [1.29, 1.82) is 0 Å². The smallest absolute Gasteiger partial charge is 0.290 e. The highest BCUT2D eigenvalue weighted by Crippen LogP contribution is 2.33. The van der Waals surface area contributed by atoms with Crippen LogP contribution < -0.4 is 14.8 Å². The van der Waals surface area contributed by atoms with Crippen molar-refractivity contribution >= 4 is 45.4 Å². The van der Waals surface area contributed by atoms with E-state index in [1.807, 2.05) is 12.1 Å². The fourth-order valence-corrected chi connectivity index (χ4v) is 5.55. The maximum Gasteiger partial charge on any atom is 0.290 e. The minimum Gasteiger partial charge on any atom is -0.493 e. The lowest BCUT2D eigenvalue weighted by Gasteiger charge is -2.40. The molecule has 3 atom stereocenters. The van der Waals surface area contributed by atoms with E-state index in [-0.39, 0.29) is 37.5 Å². The molecule has 1 aromatic heterocycles. The summed E-state index contributed by atoms with van der Waals surface area (Å²) in [6, 6.07) is 18.9. The van der Waals surface area contributed by atoms with Crippen molar-refractivity contribution in [3.63, 3.8) is 0 Å². The molecule has 0 saturated heterocycles. The normalized spacial score (nSPS) is 18.2. The van der Waals surface area contributed by atoms with E-state index in [0.717, 1.165) is 3.57 Å². The van der Waals surface area contributed by atoms with Gasteiger partial charge in [0.05, 0.1) is 23.3 Å². The first-order valence-electron chi connectivity index (χ1n) is 13.6. The molecule has 4 aromatic rings. The van der Waals surface area contributed by atoms with Gasteiger partial charge in [-0.1, -0.05) is 36.4 Å². The molecule has 43 heavy (non-hydrogen) atoms. The first-order valence-corrected chi connectivity index (χ1v) is 14.7. The Bertz CT molecular complexity index is 1640. The highest BCUT2D eigenvalue weighted by molar-refractivity contribution is 14.1. The van der Waals surface area contributed by atoms with Gasteiger partial charge in [-0.05, 0) is 70.6 Å². The van der Waals surface area contributed by atoms with Crippen LogP contribution in [-0.4, -0.2) is 65.4 Å². The summed E-state index contributed by atoms with van der Waals surface area (Å²) in [6.07, 6.45) is -0.720. The molecule has 2 amide bonds. The van der Waals surface area contributed by atoms with Gasteiger partial charge >= 0.3 is 0 Å². The van der Waals surface area contributed by atoms with Crippen LogP contribution in [0.3, 0.4) is 0 Å². The number of nitrogens with one attached hydrogen (secondary N) is 1. The number of para-hydroxylation sites is 2. The third-order valence-corrected chi connectivity index (χ3v) is 8.07. The summed E-state index contributed by atoms with van der Waals surface area (Å²) < 4.78 is 32.1. The van der Waals surface area contributed by atoms with Crippen LogP contribution in [0.25, 0.3) is 11.0 Å². The van der Waals surface area contributed by atoms with Crippen LogP contribution in [0.4, 0.5) is 4.39 Å². The largest absolute Gasteiger partial charge is 0.493 e. The Morgan fingerprint density at radius 1 is 1.09 bits per heavy atom. The van der Waals surface area contributed by atoms with E-state index in [4.69, 9.17) is 13.9 Å². The van der Waals surface area contributed by atoms with Crippen molar-refractivity contribution in [3.8, 4) is 11.5 Å². The molecule has 0 spiro atoms. The van der Waals surface area contributed by atoms with Crippen molar-refractivity contribution in [1.82, 2.24) is 10.2 Å². The molecule has 9 nitrogen and oxygen atoms in total. The van der Waals surface area contributed by atoms with Crippen LogP contribution in [0, 0.1) is 9.39 Å². The summed E-state index contributed by atoms with van der Waals surface area (Å²) in [5, 5.41) is 24.3. The number of hydrogen-bond donors (Lipinski definition) is 3. The quantitative estimate of drug-likeness (QED) is 0.209. The molecule has 0 fully saturated rings. The Balaban J connectivity index is 1.56. The molecule has 5 rings (SSSR count). The fraction of sp³-hybridized carbons (Fsp3) is 0.250. The number of methoxy groups -OCH3 is 1. The van der Waals surface area contributed by atoms with Crippen molar-refractivity contribution in [2.75, 3.05) is 20.3 Å². The highest BCUT2D eigenvalue weighted by Gasteiger charge is 2.41. The average Bonchev–Trinajstić information content (AvgIpc) is 3.46. The Hall–Kier alpha value is -3.94. The van der Waals surface area contributed by atoms with E-state index in [0.29, 0.717) is 28.0 Å². The summed E-state index contributed by atoms with van der Waals surface area (Å²) >= 11 is 2.12. The van der Waals surface area contributed by atoms with Crippen LogP contribution in [0.15, 0.2) is 88.9 Å². The van der Waals surface area contributed by atoms with Crippen molar-refractivity contribution in [2.45, 2.75) is 31.2 Å². The van der Waals surface area contributed by atoms with Gasteiger partial charge in [-0.25, -0.2) is 4.39 Å². The second-order valence-electron chi connectivity index (χ2n) is 10.00. The number of amides is 2. The number of ether oxygens (including phenoxy) is 2. The number of halogens is 2. The number of furan rings is 1. The third kappa shape index (κ3) is 6.84. The second-order valence-corrected chi connectivity index (χ2v) is 11.2. The first kappa shape index (κ1) is 30.5. The van der Waals surface area contributed by atoms with E-state index in [2.05, 4.69) is 27.9 Å². The Morgan fingerprint density at radius 2 is 1.84 bits per heavy atom. The van der Waals surface area contributed by atoms with E-state index in [1.54, 1.807) is 54.6 Å². The number of aliphatic hydroxyl groups is 2. The molecule has 11 heteroatoms. The van der Waals surface area contributed by atoms with Gasteiger partial charge < -0.3 is 34.3 Å². The van der Waals surface area contributed by atoms with Crippen LogP contribution >= 0.6 is 22.6 Å². The van der Waals surface area contributed by atoms with Crippen LogP contribution in [-0.2, 0) is 11.3 Å². The van der Waals surface area contributed by atoms with E-state index in [1.165, 1.54) is 24.1 Å². The van der Waals surface area contributed by atoms with Gasteiger partial charge in [0.25, 0.3) is 5.91 Å². The van der Waals surface area contributed by atoms with Crippen LogP contribution in [0.2, 0.25) is 0 Å². The minimum absolute atomic E-state index is 0.00437. The Labute approximate surface area is 261 Å². The zero-order valence-corrected chi connectivity index (χ0v) is 25.4. The van der Waals surface area contributed by atoms with Gasteiger partial charge in [-0.15, -0.1) is 0 Å². The van der Waals surface area contributed by atoms with Crippen molar-refractivity contribution in [3.05, 3.63) is 105 Å². The first-order chi connectivity index (χ1) is 20.8. The monoisotopic (exact) mass is 700 g/mol. The van der Waals surface area contributed by atoms with E-state index < -0.39 is 35.9 Å². The Kier molecular flexibility index (Phi) is 9.63. The van der Waals surface area contributed by atoms with Gasteiger partial charge in [0.1, 0.15) is 23.8 Å². The average molecular weight is 701 g/mol. The van der Waals surface area contributed by atoms with Gasteiger partial charge in [-0.2, -0.15) is 0 Å². The van der Waals surface area contributed by atoms with E-state index in [9.17, 15) is 24.2 Å². The summed E-state index contributed by atoms with van der Waals surface area (Å²) in [4.78, 5) is 28.7. The topological polar surface area (TPSA) is 121 Å². The van der Waals surface area contributed by atoms with Crippen LogP contribution in [0.1, 0.15) is 22.5 Å². The molecule has 0 radical (unpaired) electrons. The lowest BCUT2D eigenvalue weighted by atomic mass is 9.87. The number of rotatable bonds is 10. The number of aliphatic hydroxyl groups excluding tert-OH is 2. The highest BCUT2D eigenvalue weighted by atomic mass is 127. The molecular weight excluding hydrogens is 670 g/mol. The Morgan fingerprint density at radius 3 is 2.56 bits per heavy atom. The zero-order chi connectivity index (χ0) is 30.5. The SMILES string of the molecule is COc1cccc2cc(C(=O)N(Cc3ccc(F)cc3)[C@@H]3CC(C(=O)NCCO)=C[C@H](Oc4ccccc4I)[C@H]3O)oc12. The maximum absolute atomic E-state index is 14.2. The molecule has 1 aliphatic rings. The van der Waals surface area contributed by atoms with Crippen LogP contribution in [0.5, 0.6) is 11.5 Å². The van der Waals surface area contributed by atoms with Crippen molar-refractivity contribution in [2.24, 2.45) is 0 Å². The summed E-state index contributed by atoms with van der Waals surface area (Å²) in [7, 11) is 1.50. The molecule has 3 N–H and O–H groups in total. The summed E-state index contributed by atoms with van der Waals surface area (Å²) in [5.74, 6) is -0.470. The number of benzene rings is 3. The molecule has 224 valence electrons. The molecule has 1 aliphatic carbocycles. The predicted molar refractivity (Wildman–Crippen MR) is 165 cm³/mol. The molecule has 0 saturated carbocycles. The van der Waals surface area contributed by atoms with Crippen molar-refractivity contribution < 1.29 is 38.1 Å². The van der Waals surface area contributed by atoms with Gasteiger partial charge in [0.15, 0.2) is 17.1 Å². The molecule has 3 aromatic carbocycles. The lowest BCUT2D eigenvalue weighted by molar-refractivity contribution is -0.118.